The molecular formula is C20H22F2N2O2. The van der Waals surface area contributed by atoms with E-state index in [0.29, 0.717) is 18.5 Å². The maximum absolute atomic E-state index is 13.4. The molecule has 2 aliphatic rings. The Balaban J connectivity index is 1.37. The molecule has 2 aliphatic heterocycles. The van der Waals surface area contributed by atoms with Gasteiger partial charge < -0.3 is 9.32 Å². The molecule has 26 heavy (non-hydrogen) atoms. The quantitative estimate of drug-likeness (QED) is 0.836. The normalized spacial score (nSPS) is 20.2. The molecule has 0 bridgehead atoms. The van der Waals surface area contributed by atoms with E-state index in [1.807, 2.05) is 12.1 Å². The van der Waals surface area contributed by atoms with E-state index in [4.69, 9.17) is 4.42 Å². The van der Waals surface area contributed by atoms with Crippen molar-refractivity contribution in [2.45, 2.75) is 32.4 Å². The van der Waals surface area contributed by atoms with Gasteiger partial charge in [0.05, 0.1) is 12.8 Å². The number of likely N-dealkylation sites (tertiary alicyclic amines) is 2. The molecule has 3 heterocycles. The zero-order valence-corrected chi connectivity index (χ0v) is 14.6. The van der Waals surface area contributed by atoms with Gasteiger partial charge in [0, 0.05) is 25.6 Å². The number of nitrogens with zero attached hydrogens (tertiary/aromatic N) is 2. The van der Waals surface area contributed by atoms with E-state index >= 15 is 0 Å². The van der Waals surface area contributed by atoms with Crippen LogP contribution in [-0.2, 0) is 17.9 Å². The van der Waals surface area contributed by atoms with Crippen LogP contribution < -0.4 is 0 Å². The number of rotatable bonds is 4. The summed E-state index contributed by atoms with van der Waals surface area (Å²) in [5, 5.41) is 0. The predicted octanol–water partition coefficient (Wildman–Crippen LogP) is 3.57. The first kappa shape index (κ1) is 17.2. The van der Waals surface area contributed by atoms with E-state index in [2.05, 4.69) is 4.90 Å². The Kier molecular flexibility index (Phi) is 4.53. The zero-order valence-electron chi connectivity index (χ0n) is 14.6. The molecule has 2 saturated heterocycles. The molecule has 0 unspecified atom stereocenters. The number of carbonyl (C=O) groups is 1. The van der Waals surface area contributed by atoms with Gasteiger partial charge in [-0.25, -0.2) is 8.78 Å². The molecule has 2 aromatic rings. The molecule has 0 saturated carbocycles. The molecule has 1 aromatic heterocycles. The SMILES string of the molecule is O=C1CC2(CCN(Cc3ccco3)CC2)CN1Cc1cc(F)cc(F)c1. The van der Waals surface area contributed by atoms with E-state index in [0.717, 1.165) is 44.3 Å². The second-order valence-corrected chi connectivity index (χ2v) is 7.56. The van der Waals surface area contributed by atoms with Gasteiger partial charge in [0.15, 0.2) is 0 Å². The molecule has 1 aromatic carbocycles. The highest BCUT2D eigenvalue weighted by atomic mass is 19.1. The number of benzene rings is 1. The summed E-state index contributed by atoms with van der Waals surface area (Å²) in [7, 11) is 0. The standard InChI is InChI=1S/C20H22F2N2O2/c21-16-8-15(9-17(22)10-16)12-24-14-20(11-19(24)25)3-5-23(6-4-20)13-18-2-1-7-26-18/h1-2,7-10H,3-6,11-14H2. The average molecular weight is 360 g/mol. The summed E-state index contributed by atoms with van der Waals surface area (Å²) in [6.45, 7) is 3.58. The predicted molar refractivity (Wildman–Crippen MR) is 92.0 cm³/mol. The number of amides is 1. The lowest BCUT2D eigenvalue weighted by Crippen LogP contribution is -2.41. The van der Waals surface area contributed by atoms with Gasteiger partial charge >= 0.3 is 0 Å². The number of hydrogen-bond acceptors (Lipinski definition) is 3. The second-order valence-electron chi connectivity index (χ2n) is 7.56. The maximum atomic E-state index is 13.4. The van der Waals surface area contributed by atoms with E-state index in [-0.39, 0.29) is 17.9 Å². The van der Waals surface area contributed by atoms with Crippen molar-refractivity contribution in [1.82, 2.24) is 9.80 Å². The van der Waals surface area contributed by atoms with Gasteiger partial charge in [-0.3, -0.25) is 9.69 Å². The van der Waals surface area contributed by atoms with Gasteiger partial charge in [0.25, 0.3) is 0 Å². The van der Waals surface area contributed by atoms with E-state index in [1.54, 1.807) is 11.2 Å². The van der Waals surface area contributed by atoms with Crippen LogP contribution in [0.5, 0.6) is 0 Å². The number of piperidine rings is 1. The van der Waals surface area contributed by atoms with Gasteiger partial charge in [-0.05, 0) is 61.2 Å². The van der Waals surface area contributed by atoms with Crippen molar-refractivity contribution in [2.75, 3.05) is 19.6 Å². The fraction of sp³-hybridized carbons (Fsp3) is 0.450. The van der Waals surface area contributed by atoms with Crippen molar-refractivity contribution in [3.05, 3.63) is 59.6 Å². The van der Waals surface area contributed by atoms with Crippen LogP contribution in [0.4, 0.5) is 8.78 Å². The summed E-state index contributed by atoms with van der Waals surface area (Å²) in [4.78, 5) is 16.6. The third kappa shape index (κ3) is 3.65. The topological polar surface area (TPSA) is 36.7 Å². The minimum absolute atomic E-state index is 0.0113. The van der Waals surface area contributed by atoms with Gasteiger partial charge in [-0.1, -0.05) is 0 Å². The van der Waals surface area contributed by atoms with Crippen LogP contribution >= 0.6 is 0 Å². The monoisotopic (exact) mass is 360 g/mol. The number of hydrogen-bond donors (Lipinski definition) is 0. The molecule has 0 radical (unpaired) electrons. The molecule has 0 aliphatic carbocycles. The molecule has 1 amide bonds. The Morgan fingerprint density at radius 3 is 2.46 bits per heavy atom. The average Bonchev–Trinajstić information content (AvgIpc) is 3.18. The van der Waals surface area contributed by atoms with Gasteiger partial charge in [-0.15, -0.1) is 0 Å². The minimum Gasteiger partial charge on any atom is -0.468 e. The summed E-state index contributed by atoms with van der Waals surface area (Å²) >= 11 is 0. The van der Waals surface area contributed by atoms with Crippen molar-refractivity contribution in [3.8, 4) is 0 Å². The molecule has 0 N–H and O–H groups in total. The third-order valence-corrected chi connectivity index (χ3v) is 5.58. The highest BCUT2D eigenvalue weighted by molar-refractivity contribution is 5.79. The Labute approximate surface area is 151 Å². The first-order valence-electron chi connectivity index (χ1n) is 8.99. The third-order valence-electron chi connectivity index (χ3n) is 5.58. The second kappa shape index (κ2) is 6.83. The van der Waals surface area contributed by atoms with Crippen molar-refractivity contribution < 1.29 is 18.0 Å². The van der Waals surface area contributed by atoms with Crippen LogP contribution in [0.25, 0.3) is 0 Å². The lowest BCUT2D eigenvalue weighted by atomic mass is 9.77. The number of halogens is 2. The molecule has 1 spiro atoms. The van der Waals surface area contributed by atoms with Crippen LogP contribution in [0.1, 0.15) is 30.6 Å². The first-order valence-corrected chi connectivity index (χ1v) is 8.99. The lowest BCUT2D eigenvalue weighted by Gasteiger charge is -2.38. The molecule has 4 nitrogen and oxygen atoms in total. The van der Waals surface area contributed by atoms with Crippen LogP contribution in [0.2, 0.25) is 0 Å². The molecule has 2 fully saturated rings. The largest absolute Gasteiger partial charge is 0.468 e. The Morgan fingerprint density at radius 2 is 1.81 bits per heavy atom. The number of carbonyl (C=O) groups excluding carboxylic acids is 1. The summed E-state index contributed by atoms with van der Waals surface area (Å²) in [6, 6.07) is 7.32. The van der Waals surface area contributed by atoms with Crippen LogP contribution in [0.3, 0.4) is 0 Å². The smallest absolute Gasteiger partial charge is 0.223 e. The molecule has 4 rings (SSSR count). The molecule has 138 valence electrons. The Bertz CT molecular complexity index is 763. The summed E-state index contributed by atoms with van der Waals surface area (Å²) in [5.41, 5.74) is 0.492. The van der Waals surface area contributed by atoms with E-state index < -0.39 is 11.6 Å². The van der Waals surface area contributed by atoms with Crippen LogP contribution in [0.15, 0.2) is 41.0 Å². The van der Waals surface area contributed by atoms with Crippen molar-refractivity contribution in [3.63, 3.8) is 0 Å². The summed E-state index contributed by atoms with van der Waals surface area (Å²) < 4.78 is 32.2. The Hall–Kier alpha value is -2.21. The van der Waals surface area contributed by atoms with E-state index in [1.165, 1.54) is 12.1 Å². The zero-order chi connectivity index (χ0) is 18.1. The van der Waals surface area contributed by atoms with Crippen LogP contribution in [0, 0.1) is 17.0 Å². The molecular weight excluding hydrogens is 338 g/mol. The summed E-state index contributed by atoms with van der Waals surface area (Å²) in [6.07, 6.45) is 4.11. The van der Waals surface area contributed by atoms with Crippen molar-refractivity contribution >= 4 is 5.91 Å². The van der Waals surface area contributed by atoms with Gasteiger partial charge in [0.1, 0.15) is 17.4 Å². The highest BCUT2D eigenvalue weighted by Gasteiger charge is 2.44. The van der Waals surface area contributed by atoms with Crippen LogP contribution in [-0.4, -0.2) is 35.3 Å². The number of furan rings is 1. The molecule has 0 atom stereocenters. The van der Waals surface area contributed by atoms with Crippen molar-refractivity contribution in [2.24, 2.45) is 5.41 Å². The van der Waals surface area contributed by atoms with Gasteiger partial charge in [-0.2, -0.15) is 0 Å². The Morgan fingerprint density at radius 1 is 1.08 bits per heavy atom. The maximum Gasteiger partial charge on any atom is 0.223 e. The fourth-order valence-electron chi connectivity index (χ4n) is 4.19. The molecule has 6 heteroatoms. The van der Waals surface area contributed by atoms with E-state index in [9.17, 15) is 13.6 Å². The fourth-order valence-corrected chi connectivity index (χ4v) is 4.19. The van der Waals surface area contributed by atoms with Crippen molar-refractivity contribution in [1.29, 1.82) is 0 Å². The summed E-state index contributed by atoms with van der Waals surface area (Å²) in [5.74, 6) is -0.174. The first-order chi connectivity index (χ1) is 12.5. The highest BCUT2D eigenvalue weighted by Crippen LogP contribution is 2.41. The lowest BCUT2D eigenvalue weighted by molar-refractivity contribution is -0.128. The van der Waals surface area contributed by atoms with Gasteiger partial charge in [0.2, 0.25) is 5.91 Å². The minimum atomic E-state index is -0.604.